The Morgan fingerprint density at radius 3 is 2.61 bits per heavy atom. The van der Waals surface area contributed by atoms with Crippen LogP contribution in [0.2, 0.25) is 0 Å². The average Bonchev–Trinajstić information content (AvgIpc) is 3.61. The molecule has 44 heavy (non-hydrogen) atoms. The molecule has 1 N–H and O–H groups in total. The second kappa shape index (κ2) is 13.9. The first-order chi connectivity index (χ1) is 21.3. The van der Waals surface area contributed by atoms with Gasteiger partial charge in [-0.1, -0.05) is 42.5 Å². The van der Waals surface area contributed by atoms with Gasteiger partial charge in [0.15, 0.2) is 0 Å². The molecule has 4 saturated heterocycles. The summed E-state index contributed by atoms with van der Waals surface area (Å²) in [6, 6.07) is 7.94. The van der Waals surface area contributed by atoms with Crippen molar-refractivity contribution in [2.24, 2.45) is 11.8 Å². The van der Waals surface area contributed by atoms with Crippen molar-refractivity contribution < 1.29 is 33.7 Å². The van der Waals surface area contributed by atoms with E-state index in [1.54, 1.807) is 22.0 Å². The van der Waals surface area contributed by atoms with Crippen molar-refractivity contribution in [1.82, 2.24) is 14.7 Å². The summed E-state index contributed by atoms with van der Waals surface area (Å²) >= 11 is 0. The molecule has 0 aromatic heterocycles. The van der Waals surface area contributed by atoms with Crippen LogP contribution >= 0.6 is 0 Å². The van der Waals surface area contributed by atoms with E-state index < -0.39 is 41.1 Å². The highest BCUT2D eigenvalue weighted by Gasteiger charge is 2.79. The zero-order chi connectivity index (χ0) is 31.3. The topological polar surface area (TPSA) is 109 Å². The van der Waals surface area contributed by atoms with Crippen LogP contribution in [0.1, 0.15) is 38.2 Å². The molecule has 10 heteroatoms. The van der Waals surface area contributed by atoms with E-state index >= 15 is 0 Å². The highest BCUT2D eigenvalue weighted by Crippen LogP contribution is 2.63. The summed E-state index contributed by atoms with van der Waals surface area (Å²) in [6.45, 7) is 13.7. The molecular weight excluding hydrogens is 562 g/mol. The van der Waals surface area contributed by atoms with Gasteiger partial charge in [0.05, 0.1) is 44.0 Å². The Bertz CT molecular complexity index is 1200. The van der Waals surface area contributed by atoms with Gasteiger partial charge in [0.2, 0.25) is 11.8 Å². The molecule has 4 heterocycles. The number of hydrogen-bond acceptors (Lipinski definition) is 8. The number of likely N-dealkylation sites (tertiary alicyclic amines) is 1. The number of nitrogens with zero attached hydrogens (tertiary/aromatic N) is 3. The minimum absolute atomic E-state index is 0.222. The molecule has 10 nitrogen and oxygen atoms in total. The Morgan fingerprint density at radius 1 is 1.18 bits per heavy atom. The third-order valence-corrected chi connectivity index (χ3v) is 9.87. The number of aliphatic hydroxyl groups is 1. The maximum Gasteiger partial charge on any atom is 0.312 e. The predicted molar refractivity (Wildman–Crippen MR) is 165 cm³/mol. The Morgan fingerprint density at radius 2 is 1.93 bits per heavy atom. The number of carbonyl (C=O) groups excluding carboxylic acids is 3. The fraction of sp³-hybridized carbons (Fsp3) is 0.618. The first kappa shape index (κ1) is 32.3. The molecule has 240 valence electrons. The molecule has 0 radical (unpaired) electrons. The van der Waals surface area contributed by atoms with Gasteiger partial charge in [-0.15, -0.1) is 13.2 Å². The molecule has 2 unspecified atom stereocenters. The number of fused-ring (bicyclic) bond motifs is 1. The second-order valence-electron chi connectivity index (χ2n) is 12.6. The summed E-state index contributed by atoms with van der Waals surface area (Å²) in [4.78, 5) is 48.5. The van der Waals surface area contributed by atoms with Crippen molar-refractivity contribution >= 4 is 17.8 Å². The molecule has 0 aliphatic carbocycles. The lowest BCUT2D eigenvalue weighted by molar-refractivity contribution is -0.162. The molecule has 1 spiro atoms. The smallest absolute Gasteiger partial charge is 0.312 e. The Labute approximate surface area is 260 Å². The number of morpholine rings is 1. The zero-order valence-corrected chi connectivity index (χ0v) is 25.9. The summed E-state index contributed by atoms with van der Waals surface area (Å²) in [5.41, 5.74) is -1.19. The van der Waals surface area contributed by atoms with E-state index in [9.17, 15) is 19.5 Å². The monoisotopic (exact) mass is 609 g/mol. The molecule has 5 rings (SSSR count). The third-order valence-electron chi connectivity index (χ3n) is 9.87. The molecular formula is C34H47N3O7. The van der Waals surface area contributed by atoms with Crippen molar-refractivity contribution in [2.45, 2.75) is 62.3 Å². The number of esters is 1. The van der Waals surface area contributed by atoms with Crippen molar-refractivity contribution in [3.05, 3.63) is 61.2 Å². The summed E-state index contributed by atoms with van der Waals surface area (Å²) in [5, 5.41) is 10.7. The van der Waals surface area contributed by atoms with E-state index in [0.717, 1.165) is 18.7 Å². The van der Waals surface area contributed by atoms with Crippen molar-refractivity contribution in [1.29, 1.82) is 0 Å². The lowest BCUT2D eigenvalue weighted by atomic mass is 9.66. The van der Waals surface area contributed by atoms with Gasteiger partial charge in [0, 0.05) is 32.7 Å². The standard InChI is InChI=1S/C34H47N3O7/c1-4-6-10-20-43-32(41)28-27-30(39)37(26(24-38)23-25-11-8-7-9-12-25)29(34(27)14-13-33(28,3)44-34)31(40)36(15-5-2)17-16-35-18-21-42-22-19-35/h4-5,7-9,11-12,26-29,38H,1-2,6,10,13-24H2,3H3/t26-,27+,28+,29?,33-,34?/m1/s1. The highest BCUT2D eigenvalue weighted by molar-refractivity contribution is 5.98. The zero-order valence-electron chi connectivity index (χ0n) is 25.9. The van der Waals surface area contributed by atoms with Crippen molar-refractivity contribution in [3.8, 4) is 0 Å². The Kier molecular flexibility index (Phi) is 10.2. The number of allylic oxidation sites excluding steroid dienone is 1. The summed E-state index contributed by atoms with van der Waals surface area (Å²) in [5.74, 6) is -2.77. The molecule has 4 aliphatic heterocycles. The van der Waals surface area contributed by atoms with Crippen LogP contribution in [-0.2, 0) is 35.0 Å². The molecule has 4 fully saturated rings. The van der Waals surface area contributed by atoms with Gasteiger partial charge in [0.25, 0.3) is 0 Å². The molecule has 6 atom stereocenters. The van der Waals surface area contributed by atoms with Crippen LogP contribution in [0, 0.1) is 11.8 Å². The number of hydrogen-bond donors (Lipinski definition) is 1. The molecule has 4 aliphatic rings. The van der Waals surface area contributed by atoms with Gasteiger partial charge in [-0.25, -0.2) is 0 Å². The normalized spacial score (nSPS) is 30.2. The molecule has 2 bridgehead atoms. The van der Waals surface area contributed by atoms with Crippen LogP contribution in [-0.4, -0.2) is 120 Å². The van der Waals surface area contributed by atoms with Gasteiger partial charge in [-0.3, -0.25) is 19.3 Å². The Balaban J connectivity index is 1.49. The number of amides is 2. The fourth-order valence-corrected chi connectivity index (χ4v) is 7.73. The quantitative estimate of drug-likeness (QED) is 0.183. The van der Waals surface area contributed by atoms with E-state index in [1.807, 2.05) is 37.3 Å². The molecule has 1 aromatic carbocycles. The van der Waals surface area contributed by atoms with Gasteiger partial charge in [-0.05, 0) is 44.6 Å². The van der Waals surface area contributed by atoms with Gasteiger partial charge < -0.3 is 29.1 Å². The van der Waals surface area contributed by atoms with Crippen molar-refractivity contribution in [2.75, 3.05) is 59.2 Å². The maximum atomic E-state index is 14.7. The van der Waals surface area contributed by atoms with Crippen LogP contribution in [0.15, 0.2) is 55.6 Å². The minimum Gasteiger partial charge on any atom is -0.465 e. The van der Waals surface area contributed by atoms with Crippen LogP contribution in [0.5, 0.6) is 0 Å². The Hall–Kier alpha value is -3.05. The van der Waals surface area contributed by atoms with Gasteiger partial charge in [0.1, 0.15) is 17.6 Å². The first-order valence-corrected chi connectivity index (χ1v) is 15.9. The van der Waals surface area contributed by atoms with Crippen LogP contribution in [0.4, 0.5) is 0 Å². The van der Waals surface area contributed by atoms with Crippen LogP contribution in [0.3, 0.4) is 0 Å². The van der Waals surface area contributed by atoms with Gasteiger partial charge >= 0.3 is 5.97 Å². The first-order valence-electron chi connectivity index (χ1n) is 15.9. The average molecular weight is 610 g/mol. The van der Waals surface area contributed by atoms with E-state index in [0.29, 0.717) is 65.0 Å². The lowest BCUT2D eigenvalue weighted by Gasteiger charge is -2.40. The number of rotatable bonds is 15. The minimum atomic E-state index is -1.20. The molecule has 2 amide bonds. The second-order valence-corrected chi connectivity index (χ2v) is 12.6. The number of aliphatic hydroxyl groups excluding tert-OH is 1. The summed E-state index contributed by atoms with van der Waals surface area (Å²) in [7, 11) is 0. The summed E-state index contributed by atoms with van der Waals surface area (Å²) < 4.78 is 18.0. The number of ether oxygens (including phenoxy) is 3. The van der Waals surface area contributed by atoms with E-state index in [2.05, 4.69) is 18.1 Å². The number of benzene rings is 1. The van der Waals surface area contributed by atoms with E-state index in [-0.39, 0.29) is 25.0 Å². The van der Waals surface area contributed by atoms with Crippen LogP contribution in [0.25, 0.3) is 0 Å². The molecule has 1 aromatic rings. The maximum absolute atomic E-state index is 14.7. The largest absolute Gasteiger partial charge is 0.465 e. The lowest BCUT2D eigenvalue weighted by Crippen LogP contribution is -2.60. The van der Waals surface area contributed by atoms with E-state index in [1.165, 1.54) is 0 Å². The number of unbranched alkanes of at least 4 members (excludes halogenated alkanes) is 1. The summed E-state index contributed by atoms with van der Waals surface area (Å²) in [6.07, 6.45) is 6.16. The molecule has 0 saturated carbocycles. The van der Waals surface area contributed by atoms with E-state index in [4.69, 9.17) is 14.2 Å². The van der Waals surface area contributed by atoms with Crippen molar-refractivity contribution in [3.63, 3.8) is 0 Å². The third kappa shape index (κ3) is 6.09. The number of carbonyl (C=O) groups is 3. The fourth-order valence-electron chi connectivity index (χ4n) is 7.73. The van der Waals surface area contributed by atoms with Gasteiger partial charge in [-0.2, -0.15) is 0 Å². The SMILES string of the molecule is C=CCCCOC(=O)[C@@H]1[C@H]2C(=O)N([C@@H](CO)Cc3ccccc3)C(C(=O)N(CC=C)CCN3CCOCC3)C23CC[C@@]1(C)O3. The highest BCUT2D eigenvalue weighted by atomic mass is 16.6. The van der Waals surface area contributed by atoms with Crippen LogP contribution < -0.4 is 0 Å². The predicted octanol–water partition coefficient (Wildman–Crippen LogP) is 2.21.